The average Bonchev–Trinajstić information content (AvgIpc) is 2.97. The summed E-state index contributed by atoms with van der Waals surface area (Å²) in [4.78, 5) is 26.0. The molecule has 0 spiro atoms. The number of ether oxygens (including phenoxy) is 1. The van der Waals surface area contributed by atoms with Crippen molar-refractivity contribution in [2.45, 2.75) is 40.0 Å². The van der Waals surface area contributed by atoms with Crippen molar-refractivity contribution in [2.75, 3.05) is 12.4 Å². The second-order valence-electron chi connectivity index (χ2n) is 8.18. The first-order valence-electron chi connectivity index (χ1n) is 9.21. The van der Waals surface area contributed by atoms with Crippen LogP contribution in [0.1, 0.15) is 58.3 Å². The molecule has 1 aliphatic rings. The van der Waals surface area contributed by atoms with Gasteiger partial charge in [-0.05, 0) is 54.4 Å². The van der Waals surface area contributed by atoms with Crippen LogP contribution in [-0.4, -0.2) is 18.9 Å². The molecule has 0 fully saturated rings. The van der Waals surface area contributed by atoms with Crippen molar-refractivity contribution in [3.8, 4) is 5.75 Å². The van der Waals surface area contributed by atoms with E-state index in [0.29, 0.717) is 32.8 Å². The van der Waals surface area contributed by atoms with Crippen molar-refractivity contribution in [3.63, 3.8) is 0 Å². The van der Waals surface area contributed by atoms with Crippen LogP contribution in [0.25, 0.3) is 0 Å². The van der Waals surface area contributed by atoms with E-state index in [0.717, 1.165) is 29.7 Å². The highest BCUT2D eigenvalue weighted by Gasteiger charge is 2.33. The fourth-order valence-electron chi connectivity index (χ4n) is 3.66. The lowest BCUT2D eigenvalue weighted by Gasteiger charge is -2.33. The number of hydrogen-bond donors (Lipinski definition) is 2. The van der Waals surface area contributed by atoms with Gasteiger partial charge in [0.25, 0.3) is 11.8 Å². The highest BCUT2D eigenvalue weighted by molar-refractivity contribution is 7.17. The summed E-state index contributed by atoms with van der Waals surface area (Å²) in [5.74, 6) is 0.187. The number of carbonyl (C=O) groups excluding carboxylic acids is 2. The lowest BCUT2D eigenvalue weighted by Crippen LogP contribution is -2.27. The largest absolute Gasteiger partial charge is 0.495 e. The molecule has 150 valence electrons. The topological polar surface area (TPSA) is 81.4 Å². The number of rotatable bonds is 4. The summed E-state index contributed by atoms with van der Waals surface area (Å²) in [5.41, 5.74) is 7.67. The lowest BCUT2D eigenvalue weighted by molar-refractivity contribution is 0.1000. The maximum atomic E-state index is 12.7. The standard InChI is InChI=1S/C21H25ClN2O3S/c1-21(2,3)12-6-7-13-16(10-12)28-20(17(13)18(23)25)24-19(26)11-5-8-15(27-4)14(22)9-11/h5,8-9,12H,6-7,10H2,1-4H3,(H2,23,25)(H,24,26)/t12-/m1/s1. The number of anilines is 1. The predicted molar refractivity (Wildman–Crippen MR) is 114 cm³/mol. The summed E-state index contributed by atoms with van der Waals surface area (Å²) in [6, 6.07) is 4.82. The Balaban J connectivity index is 1.90. The first kappa shape index (κ1) is 20.7. The maximum Gasteiger partial charge on any atom is 0.256 e. The van der Waals surface area contributed by atoms with Gasteiger partial charge >= 0.3 is 0 Å². The first-order chi connectivity index (χ1) is 13.1. The molecule has 5 nitrogen and oxygen atoms in total. The van der Waals surface area contributed by atoms with Crippen molar-refractivity contribution in [3.05, 3.63) is 44.8 Å². The number of primary amides is 1. The van der Waals surface area contributed by atoms with Gasteiger partial charge in [-0.15, -0.1) is 11.3 Å². The van der Waals surface area contributed by atoms with E-state index in [1.807, 2.05) is 0 Å². The van der Waals surface area contributed by atoms with Gasteiger partial charge in [-0.2, -0.15) is 0 Å². The van der Waals surface area contributed by atoms with E-state index in [4.69, 9.17) is 22.1 Å². The summed E-state index contributed by atoms with van der Waals surface area (Å²) >= 11 is 7.58. The number of amides is 2. The Kier molecular flexibility index (Phi) is 5.73. The van der Waals surface area contributed by atoms with Crippen LogP contribution < -0.4 is 15.8 Å². The van der Waals surface area contributed by atoms with Crippen LogP contribution >= 0.6 is 22.9 Å². The zero-order valence-electron chi connectivity index (χ0n) is 16.5. The second-order valence-corrected chi connectivity index (χ2v) is 9.69. The van der Waals surface area contributed by atoms with Crippen LogP contribution in [0.5, 0.6) is 5.75 Å². The average molecular weight is 421 g/mol. The van der Waals surface area contributed by atoms with Gasteiger partial charge in [0.15, 0.2) is 0 Å². The third-order valence-corrected chi connectivity index (χ3v) is 6.84. The molecule has 0 saturated heterocycles. The van der Waals surface area contributed by atoms with Crippen LogP contribution in [-0.2, 0) is 12.8 Å². The summed E-state index contributed by atoms with van der Waals surface area (Å²) in [6.45, 7) is 6.71. The molecule has 7 heteroatoms. The van der Waals surface area contributed by atoms with Crippen LogP contribution in [0.4, 0.5) is 5.00 Å². The molecule has 3 N–H and O–H groups in total. The maximum absolute atomic E-state index is 12.7. The highest BCUT2D eigenvalue weighted by atomic mass is 35.5. The van der Waals surface area contributed by atoms with Gasteiger partial charge in [0, 0.05) is 10.4 Å². The Morgan fingerprint density at radius 1 is 1.32 bits per heavy atom. The quantitative estimate of drug-likeness (QED) is 0.737. The van der Waals surface area contributed by atoms with E-state index in [-0.39, 0.29) is 11.3 Å². The van der Waals surface area contributed by atoms with Gasteiger partial charge in [0.2, 0.25) is 0 Å². The third-order valence-electron chi connectivity index (χ3n) is 5.38. The molecule has 1 aromatic heterocycles. The number of thiophene rings is 1. The lowest BCUT2D eigenvalue weighted by atomic mass is 9.72. The van der Waals surface area contributed by atoms with E-state index in [2.05, 4.69) is 26.1 Å². The molecule has 28 heavy (non-hydrogen) atoms. The van der Waals surface area contributed by atoms with Crippen LogP contribution in [0, 0.1) is 11.3 Å². The molecular formula is C21H25ClN2O3S. The summed E-state index contributed by atoms with van der Waals surface area (Å²) < 4.78 is 5.12. The monoisotopic (exact) mass is 420 g/mol. The minimum Gasteiger partial charge on any atom is -0.495 e. The molecule has 0 aliphatic heterocycles. The van der Waals surface area contributed by atoms with Crippen molar-refractivity contribution in [1.29, 1.82) is 0 Å². The van der Waals surface area contributed by atoms with E-state index >= 15 is 0 Å². The van der Waals surface area contributed by atoms with E-state index in [1.165, 1.54) is 18.4 Å². The molecule has 0 bridgehead atoms. The van der Waals surface area contributed by atoms with Gasteiger partial charge in [0.1, 0.15) is 10.8 Å². The minimum absolute atomic E-state index is 0.192. The Bertz CT molecular complexity index is 930. The van der Waals surface area contributed by atoms with Crippen molar-refractivity contribution < 1.29 is 14.3 Å². The molecule has 1 aliphatic carbocycles. The number of benzene rings is 1. The van der Waals surface area contributed by atoms with Crippen LogP contribution in [0.3, 0.4) is 0 Å². The van der Waals surface area contributed by atoms with Gasteiger partial charge < -0.3 is 15.8 Å². The summed E-state index contributed by atoms with van der Waals surface area (Å²) in [6.07, 6.45) is 2.71. The van der Waals surface area contributed by atoms with Crippen LogP contribution in [0.2, 0.25) is 5.02 Å². The SMILES string of the molecule is COc1ccc(C(=O)Nc2sc3c(c2C(N)=O)CC[C@@H](C(C)(C)C)C3)cc1Cl. The van der Waals surface area contributed by atoms with E-state index in [9.17, 15) is 9.59 Å². The van der Waals surface area contributed by atoms with Gasteiger partial charge in [-0.1, -0.05) is 32.4 Å². The number of halogens is 1. The summed E-state index contributed by atoms with van der Waals surface area (Å²) in [5, 5.41) is 3.73. The molecule has 1 aromatic carbocycles. The van der Waals surface area contributed by atoms with Crippen molar-refractivity contribution in [2.24, 2.45) is 17.1 Å². The van der Waals surface area contributed by atoms with Crippen molar-refractivity contribution >= 4 is 39.8 Å². The van der Waals surface area contributed by atoms with Gasteiger partial charge in [0.05, 0.1) is 17.7 Å². The Morgan fingerprint density at radius 2 is 2.04 bits per heavy atom. The number of fused-ring (bicyclic) bond motifs is 1. The Hall–Kier alpha value is -2.05. The molecule has 0 saturated carbocycles. The fourth-order valence-corrected chi connectivity index (χ4v) is 5.24. The smallest absolute Gasteiger partial charge is 0.256 e. The van der Waals surface area contributed by atoms with Gasteiger partial charge in [-0.3, -0.25) is 9.59 Å². The number of carbonyl (C=O) groups is 2. The molecule has 0 radical (unpaired) electrons. The van der Waals surface area contributed by atoms with Crippen LogP contribution in [0.15, 0.2) is 18.2 Å². The molecule has 2 amide bonds. The number of hydrogen-bond acceptors (Lipinski definition) is 4. The molecule has 3 rings (SSSR count). The first-order valence-corrected chi connectivity index (χ1v) is 10.4. The molecule has 0 unspecified atom stereocenters. The number of methoxy groups -OCH3 is 1. The minimum atomic E-state index is -0.505. The molecule has 1 atom stereocenters. The van der Waals surface area contributed by atoms with E-state index in [1.54, 1.807) is 18.2 Å². The molecular weight excluding hydrogens is 396 g/mol. The Labute approximate surface area is 174 Å². The third kappa shape index (κ3) is 4.03. The summed E-state index contributed by atoms with van der Waals surface area (Å²) in [7, 11) is 1.51. The normalized spacial score (nSPS) is 16.4. The van der Waals surface area contributed by atoms with E-state index < -0.39 is 5.91 Å². The predicted octanol–water partition coefficient (Wildman–Crippen LogP) is 4.91. The molecule has 1 heterocycles. The number of nitrogens with one attached hydrogen (secondary N) is 1. The fraction of sp³-hybridized carbons (Fsp3) is 0.429. The molecule has 2 aromatic rings. The zero-order valence-corrected chi connectivity index (χ0v) is 18.1. The highest BCUT2D eigenvalue weighted by Crippen LogP contribution is 2.44. The zero-order chi connectivity index (χ0) is 20.6. The number of nitrogens with two attached hydrogens (primary N) is 1. The Morgan fingerprint density at radius 3 is 2.61 bits per heavy atom. The van der Waals surface area contributed by atoms with Crippen molar-refractivity contribution in [1.82, 2.24) is 0 Å². The second kappa shape index (κ2) is 7.76. The van der Waals surface area contributed by atoms with Gasteiger partial charge in [-0.25, -0.2) is 0 Å².